The van der Waals surface area contributed by atoms with Crippen LogP contribution in [-0.2, 0) is 4.79 Å². The molecule has 4 nitrogen and oxygen atoms in total. The van der Waals surface area contributed by atoms with Crippen LogP contribution in [0.4, 0.5) is 0 Å². The molecule has 2 aromatic heterocycles. The molecule has 1 atom stereocenters. The van der Waals surface area contributed by atoms with E-state index < -0.39 is 0 Å². The number of nitrogens with zero attached hydrogens (tertiary/aromatic N) is 2. The van der Waals surface area contributed by atoms with E-state index in [0.29, 0.717) is 11.0 Å². The first-order valence-corrected chi connectivity index (χ1v) is 9.21. The van der Waals surface area contributed by atoms with E-state index in [1.54, 1.807) is 29.8 Å². The number of carbonyl (C=O) groups is 1. The lowest BCUT2D eigenvalue weighted by Crippen LogP contribution is -2.36. The van der Waals surface area contributed by atoms with Crippen molar-refractivity contribution in [1.29, 1.82) is 0 Å². The lowest BCUT2D eigenvalue weighted by Gasteiger charge is -2.20. The molecule has 3 rings (SSSR count). The third-order valence-corrected chi connectivity index (χ3v) is 6.00. The van der Waals surface area contributed by atoms with Crippen molar-refractivity contribution in [3.05, 3.63) is 46.9 Å². The fourth-order valence-corrected chi connectivity index (χ4v) is 4.63. The molecule has 0 aromatic carbocycles. The van der Waals surface area contributed by atoms with Gasteiger partial charge in [0.2, 0.25) is 0 Å². The molecule has 0 bridgehead atoms. The van der Waals surface area contributed by atoms with Crippen LogP contribution in [0.3, 0.4) is 0 Å². The summed E-state index contributed by atoms with van der Waals surface area (Å²) in [6.07, 6.45) is 4.31. The molecular formula is C16H18N2O2S2. The lowest BCUT2D eigenvalue weighted by molar-refractivity contribution is -0.133. The first-order valence-electron chi connectivity index (χ1n) is 7.28. The van der Waals surface area contributed by atoms with Gasteiger partial charge < -0.3 is 9.64 Å². The molecule has 2 aromatic rings. The maximum absolute atomic E-state index is 12.3. The van der Waals surface area contributed by atoms with E-state index in [-0.39, 0.29) is 12.5 Å². The smallest absolute Gasteiger partial charge is 0.260 e. The molecule has 0 saturated carbocycles. The Labute approximate surface area is 138 Å². The van der Waals surface area contributed by atoms with Crippen LogP contribution in [0.25, 0.3) is 0 Å². The Kier molecular flexibility index (Phi) is 5.34. The second kappa shape index (κ2) is 7.65. The molecule has 0 radical (unpaired) electrons. The quantitative estimate of drug-likeness (QED) is 0.861. The Bertz CT molecular complexity index is 589. The molecule has 116 valence electrons. The predicted molar refractivity (Wildman–Crippen MR) is 90.4 cm³/mol. The summed E-state index contributed by atoms with van der Waals surface area (Å²) in [7, 11) is 0. The average Bonchev–Trinajstić information content (AvgIpc) is 2.98. The van der Waals surface area contributed by atoms with Gasteiger partial charge >= 0.3 is 0 Å². The van der Waals surface area contributed by atoms with Gasteiger partial charge in [0, 0.05) is 35.2 Å². The molecular weight excluding hydrogens is 316 g/mol. The summed E-state index contributed by atoms with van der Waals surface area (Å²) in [5, 5.41) is 2.63. The highest BCUT2D eigenvalue weighted by Crippen LogP contribution is 2.36. The Morgan fingerprint density at radius 3 is 3.09 bits per heavy atom. The standard InChI is InChI=1S/C16H18N2O2S2/c19-16(12-20-13-3-1-6-17-11-13)18-7-5-15(22-10-8-18)14-4-2-9-21-14/h1-4,6,9,11,15H,5,7-8,10,12H2. The van der Waals surface area contributed by atoms with Crippen LogP contribution in [-0.4, -0.2) is 41.2 Å². The molecule has 1 fully saturated rings. The highest BCUT2D eigenvalue weighted by molar-refractivity contribution is 7.99. The number of pyridine rings is 1. The summed E-state index contributed by atoms with van der Waals surface area (Å²) >= 11 is 3.74. The first kappa shape index (κ1) is 15.4. The van der Waals surface area contributed by atoms with Crippen LogP contribution in [0, 0.1) is 0 Å². The maximum Gasteiger partial charge on any atom is 0.260 e. The van der Waals surface area contributed by atoms with Crippen LogP contribution >= 0.6 is 23.1 Å². The summed E-state index contributed by atoms with van der Waals surface area (Å²) in [6.45, 7) is 1.67. The second-order valence-corrected chi connectivity index (χ2v) is 7.31. The zero-order valence-corrected chi connectivity index (χ0v) is 13.8. The topological polar surface area (TPSA) is 42.4 Å². The van der Waals surface area contributed by atoms with Crippen molar-refractivity contribution in [2.45, 2.75) is 11.7 Å². The van der Waals surface area contributed by atoms with E-state index in [4.69, 9.17) is 4.74 Å². The van der Waals surface area contributed by atoms with Gasteiger partial charge in [-0.25, -0.2) is 0 Å². The molecule has 6 heteroatoms. The summed E-state index contributed by atoms with van der Waals surface area (Å²) in [5.41, 5.74) is 0. The molecule has 0 spiro atoms. The van der Waals surface area contributed by atoms with Crippen molar-refractivity contribution in [2.75, 3.05) is 25.4 Å². The normalized spacial score (nSPS) is 18.7. The van der Waals surface area contributed by atoms with Crippen molar-refractivity contribution in [3.8, 4) is 5.75 Å². The Morgan fingerprint density at radius 2 is 2.32 bits per heavy atom. The second-order valence-electron chi connectivity index (χ2n) is 5.02. The minimum absolute atomic E-state index is 0.0521. The molecule has 0 aliphatic carbocycles. The number of amides is 1. The number of ether oxygens (including phenoxy) is 1. The molecule has 22 heavy (non-hydrogen) atoms. The van der Waals surface area contributed by atoms with Crippen LogP contribution in [0.15, 0.2) is 42.0 Å². The molecule has 1 aliphatic rings. The largest absolute Gasteiger partial charge is 0.482 e. The number of hydrogen-bond acceptors (Lipinski definition) is 5. The molecule has 1 amide bonds. The van der Waals surface area contributed by atoms with Gasteiger partial charge in [0.05, 0.1) is 6.20 Å². The Balaban J connectivity index is 1.51. The third kappa shape index (κ3) is 4.01. The monoisotopic (exact) mass is 334 g/mol. The van der Waals surface area contributed by atoms with Gasteiger partial charge in [-0.05, 0) is 30.0 Å². The van der Waals surface area contributed by atoms with Gasteiger partial charge in [0.15, 0.2) is 6.61 Å². The van der Waals surface area contributed by atoms with Crippen LogP contribution in [0.2, 0.25) is 0 Å². The summed E-state index contributed by atoms with van der Waals surface area (Å²) in [6, 6.07) is 7.89. The number of rotatable bonds is 4. The highest BCUT2D eigenvalue weighted by Gasteiger charge is 2.22. The average molecular weight is 334 g/mol. The summed E-state index contributed by atoms with van der Waals surface area (Å²) in [5.74, 6) is 1.66. The molecule has 1 saturated heterocycles. The lowest BCUT2D eigenvalue weighted by atomic mass is 10.2. The number of thiophene rings is 1. The molecule has 0 N–H and O–H groups in total. The van der Waals surface area contributed by atoms with Crippen LogP contribution in [0.1, 0.15) is 16.5 Å². The van der Waals surface area contributed by atoms with Gasteiger partial charge in [0.1, 0.15) is 5.75 Å². The zero-order chi connectivity index (χ0) is 15.2. The molecule has 1 unspecified atom stereocenters. The van der Waals surface area contributed by atoms with Gasteiger partial charge in [0.25, 0.3) is 5.91 Å². The van der Waals surface area contributed by atoms with Crippen LogP contribution < -0.4 is 4.74 Å². The third-order valence-electron chi connectivity index (χ3n) is 3.55. The Hall–Kier alpha value is -1.53. The SMILES string of the molecule is O=C(COc1cccnc1)N1CCSC(c2cccs2)CC1. The van der Waals surface area contributed by atoms with Crippen molar-refractivity contribution in [2.24, 2.45) is 0 Å². The fraction of sp³-hybridized carbons (Fsp3) is 0.375. The fourth-order valence-electron chi connectivity index (χ4n) is 2.39. The zero-order valence-electron chi connectivity index (χ0n) is 12.2. The maximum atomic E-state index is 12.3. The molecule has 1 aliphatic heterocycles. The molecule has 3 heterocycles. The Morgan fingerprint density at radius 1 is 1.36 bits per heavy atom. The van der Waals surface area contributed by atoms with Gasteiger partial charge in [-0.1, -0.05) is 6.07 Å². The number of thioether (sulfide) groups is 1. The van der Waals surface area contributed by atoms with Gasteiger partial charge in [-0.15, -0.1) is 11.3 Å². The predicted octanol–water partition coefficient (Wildman–Crippen LogP) is 3.23. The van der Waals surface area contributed by atoms with E-state index in [2.05, 4.69) is 22.5 Å². The number of hydrogen-bond donors (Lipinski definition) is 0. The van der Waals surface area contributed by atoms with Gasteiger partial charge in [-0.3, -0.25) is 9.78 Å². The minimum Gasteiger partial charge on any atom is -0.482 e. The number of aromatic nitrogens is 1. The summed E-state index contributed by atoms with van der Waals surface area (Å²) in [4.78, 5) is 19.6. The summed E-state index contributed by atoms with van der Waals surface area (Å²) < 4.78 is 5.50. The van der Waals surface area contributed by atoms with Crippen molar-refractivity contribution >= 4 is 29.0 Å². The minimum atomic E-state index is 0.0521. The van der Waals surface area contributed by atoms with Gasteiger partial charge in [-0.2, -0.15) is 11.8 Å². The van der Waals surface area contributed by atoms with E-state index in [1.165, 1.54) is 4.88 Å². The van der Waals surface area contributed by atoms with E-state index >= 15 is 0 Å². The highest BCUT2D eigenvalue weighted by atomic mass is 32.2. The van der Waals surface area contributed by atoms with Crippen molar-refractivity contribution in [3.63, 3.8) is 0 Å². The van der Waals surface area contributed by atoms with Crippen molar-refractivity contribution < 1.29 is 9.53 Å². The van der Waals surface area contributed by atoms with E-state index in [0.717, 1.165) is 25.3 Å². The van der Waals surface area contributed by atoms with Crippen molar-refractivity contribution in [1.82, 2.24) is 9.88 Å². The number of carbonyl (C=O) groups excluding carboxylic acids is 1. The van der Waals surface area contributed by atoms with Crippen LogP contribution in [0.5, 0.6) is 5.75 Å². The van der Waals surface area contributed by atoms with E-state index in [1.807, 2.05) is 22.7 Å². The first-order chi connectivity index (χ1) is 10.8. The van der Waals surface area contributed by atoms with E-state index in [9.17, 15) is 4.79 Å².